The maximum Gasteiger partial charge on any atom is 0.229 e. The zero-order valence-corrected chi connectivity index (χ0v) is 15.9. The Morgan fingerprint density at radius 2 is 2.04 bits per heavy atom. The molecule has 0 radical (unpaired) electrons. The van der Waals surface area contributed by atoms with E-state index in [0.717, 1.165) is 50.0 Å². The molecule has 0 unspecified atom stereocenters. The van der Waals surface area contributed by atoms with Crippen LogP contribution in [-0.4, -0.2) is 29.0 Å². The lowest BCUT2D eigenvalue weighted by molar-refractivity contribution is -0.127. The average Bonchev–Trinajstić information content (AvgIpc) is 3.45. The van der Waals surface area contributed by atoms with E-state index in [1.54, 1.807) is 12.1 Å². The van der Waals surface area contributed by atoms with Crippen molar-refractivity contribution < 1.29 is 9.18 Å². The van der Waals surface area contributed by atoms with Crippen LogP contribution in [0.5, 0.6) is 0 Å². The summed E-state index contributed by atoms with van der Waals surface area (Å²) in [6.45, 7) is 1.39. The maximum absolute atomic E-state index is 13.4. The molecule has 4 rings (SSSR count). The number of anilines is 3. The number of nitrogens with zero attached hydrogens (tertiary/aromatic N) is 2. The van der Waals surface area contributed by atoms with Crippen LogP contribution in [0.25, 0.3) is 0 Å². The number of nitrogens with one attached hydrogen (secondary N) is 3. The van der Waals surface area contributed by atoms with E-state index in [-0.39, 0.29) is 17.6 Å². The van der Waals surface area contributed by atoms with Crippen LogP contribution >= 0.6 is 0 Å². The van der Waals surface area contributed by atoms with E-state index >= 15 is 0 Å². The third-order valence-electron chi connectivity index (χ3n) is 5.34. The van der Waals surface area contributed by atoms with Gasteiger partial charge in [0.15, 0.2) is 0 Å². The fraction of sp³-hybridized carbons (Fsp3) is 0.476. The summed E-state index contributed by atoms with van der Waals surface area (Å²) in [6.07, 6.45) is 8.22. The number of hydrogen-bond acceptors (Lipinski definition) is 5. The Kier molecular flexibility index (Phi) is 5.69. The van der Waals surface area contributed by atoms with Crippen molar-refractivity contribution in [1.82, 2.24) is 15.3 Å². The first-order chi connectivity index (χ1) is 13.7. The van der Waals surface area contributed by atoms with Crippen molar-refractivity contribution in [1.29, 1.82) is 0 Å². The lowest BCUT2D eigenvalue weighted by Crippen LogP contribution is -2.35. The molecule has 28 heavy (non-hydrogen) atoms. The predicted octanol–water partition coefficient (Wildman–Crippen LogP) is 3.96. The quantitative estimate of drug-likeness (QED) is 0.572. The van der Waals surface area contributed by atoms with E-state index in [4.69, 9.17) is 0 Å². The van der Waals surface area contributed by atoms with Crippen molar-refractivity contribution in [3.05, 3.63) is 41.8 Å². The van der Waals surface area contributed by atoms with Gasteiger partial charge >= 0.3 is 0 Å². The fourth-order valence-corrected chi connectivity index (χ4v) is 3.30. The van der Waals surface area contributed by atoms with Crippen LogP contribution in [0.1, 0.15) is 50.0 Å². The molecule has 148 valence electrons. The molecule has 0 aliphatic heterocycles. The molecule has 2 aliphatic carbocycles. The molecule has 3 N–H and O–H groups in total. The first kappa shape index (κ1) is 18.7. The van der Waals surface area contributed by atoms with Crippen LogP contribution in [0.4, 0.5) is 21.8 Å². The molecule has 1 amide bonds. The highest BCUT2D eigenvalue weighted by atomic mass is 19.1. The number of hydrogen-bond donors (Lipinski definition) is 3. The molecule has 2 aromatic rings. The fourth-order valence-electron chi connectivity index (χ4n) is 3.30. The number of benzene rings is 1. The normalized spacial score (nSPS) is 16.3. The SMILES string of the molecule is O=C(NCCCNc1nc(Nc2cccc(F)c2)ncc1C1CC1)C1CCC1. The Labute approximate surface area is 164 Å². The number of amides is 1. The highest BCUT2D eigenvalue weighted by Gasteiger charge is 2.28. The first-order valence-corrected chi connectivity index (χ1v) is 10.1. The van der Waals surface area contributed by atoms with Gasteiger partial charge in [0.2, 0.25) is 11.9 Å². The van der Waals surface area contributed by atoms with E-state index in [2.05, 4.69) is 25.9 Å². The van der Waals surface area contributed by atoms with E-state index < -0.39 is 0 Å². The number of carbonyl (C=O) groups is 1. The topological polar surface area (TPSA) is 78.9 Å². The smallest absolute Gasteiger partial charge is 0.229 e. The summed E-state index contributed by atoms with van der Waals surface area (Å²) >= 11 is 0. The van der Waals surface area contributed by atoms with Crippen molar-refractivity contribution in [3.63, 3.8) is 0 Å². The zero-order valence-electron chi connectivity index (χ0n) is 15.9. The van der Waals surface area contributed by atoms with Crippen molar-refractivity contribution in [2.24, 2.45) is 5.92 Å². The van der Waals surface area contributed by atoms with Gasteiger partial charge in [-0.25, -0.2) is 9.37 Å². The summed E-state index contributed by atoms with van der Waals surface area (Å²) in [4.78, 5) is 20.9. The molecule has 1 heterocycles. The minimum Gasteiger partial charge on any atom is -0.370 e. The van der Waals surface area contributed by atoms with Crippen LogP contribution < -0.4 is 16.0 Å². The van der Waals surface area contributed by atoms with E-state index in [9.17, 15) is 9.18 Å². The molecule has 2 fully saturated rings. The van der Waals surface area contributed by atoms with Crippen molar-refractivity contribution in [2.75, 3.05) is 23.7 Å². The van der Waals surface area contributed by atoms with E-state index in [0.29, 0.717) is 24.1 Å². The number of aromatic nitrogens is 2. The third kappa shape index (κ3) is 4.77. The molecule has 0 spiro atoms. The van der Waals surface area contributed by atoms with Gasteiger partial charge in [-0.2, -0.15) is 4.98 Å². The van der Waals surface area contributed by atoms with Gasteiger partial charge in [0.1, 0.15) is 11.6 Å². The van der Waals surface area contributed by atoms with Gasteiger partial charge in [-0.3, -0.25) is 4.79 Å². The predicted molar refractivity (Wildman–Crippen MR) is 107 cm³/mol. The molecule has 2 aliphatic rings. The Bertz CT molecular complexity index is 835. The third-order valence-corrected chi connectivity index (χ3v) is 5.34. The van der Waals surface area contributed by atoms with Crippen LogP contribution in [0, 0.1) is 11.7 Å². The van der Waals surface area contributed by atoms with Crippen LogP contribution in [0.2, 0.25) is 0 Å². The summed E-state index contributed by atoms with van der Waals surface area (Å²) in [6, 6.07) is 6.24. The Morgan fingerprint density at radius 3 is 2.75 bits per heavy atom. The molecule has 0 atom stereocenters. The van der Waals surface area contributed by atoms with Gasteiger partial charge in [0.05, 0.1) is 0 Å². The van der Waals surface area contributed by atoms with Gasteiger partial charge in [0, 0.05) is 36.5 Å². The lowest BCUT2D eigenvalue weighted by atomic mass is 9.85. The van der Waals surface area contributed by atoms with Gasteiger partial charge in [-0.15, -0.1) is 0 Å². The minimum atomic E-state index is -0.304. The molecule has 0 bridgehead atoms. The standard InChI is InChI=1S/C21H26FN5O/c22-16-6-2-7-17(12-16)26-21-25-13-18(14-8-9-14)19(27-21)23-10-3-11-24-20(28)15-4-1-5-15/h2,6-7,12-15H,1,3-5,8-11H2,(H,24,28)(H2,23,25,26,27). The highest BCUT2D eigenvalue weighted by molar-refractivity contribution is 5.79. The van der Waals surface area contributed by atoms with E-state index in [1.807, 2.05) is 6.20 Å². The maximum atomic E-state index is 13.4. The summed E-state index contributed by atoms with van der Waals surface area (Å²) < 4.78 is 13.4. The Morgan fingerprint density at radius 1 is 1.18 bits per heavy atom. The molecule has 1 aromatic carbocycles. The van der Waals surface area contributed by atoms with Gasteiger partial charge < -0.3 is 16.0 Å². The van der Waals surface area contributed by atoms with E-state index in [1.165, 1.54) is 18.6 Å². The van der Waals surface area contributed by atoms with Crippen LogP contribution in [0.15, 0.2) is 30.5 Å². The molecule has 7 heteroatoms. The summed E-state index contributed by atoms with van der Waals surface area (Å²) in [5.41, 5.74) is 1.74. The monoisotopic (exact) mass is 383 g/mol. The second-order valence-corrected chi connectivity index (χ2v) is 7.61. The number of rotatable bonds is 9. The molecule has 2 saturated carbocycles. The van der Waals surface area contributed by atoms with Crippen molar-refractivity contribution in [2.45, 2.75) is 44.4 Å². The first-order valence-electron chi connectivity index (χ1n) is 10.1. The molecular weight excluding hydrogens is 357 g/mol. The minimum absolute atomic E-state index is 0.188. The van der Waals surface area contributed by atoms with Crippen LogP contribution in [-0.2, 0) is 4.79 Å². The second kappa shape index (κ2) is 8.54. The number of carbonyl (C=O) groups excluding carboxylic acids is 1. The molecule has 1 aromatic heterocycles. The largest absolute Gasteiger partial charge is 0.370 e. The summed E-state index contributed by atoms with van der Waals surface area (Å²) in [7, 11) is 0. The van der Waals surface area contributed by atoms with Crippen molar-refractivity contribution in [3.8, 4) is 0 Å². The lowest BCUT2D eigenvalue weighted by Gasteiger charge is -2.24. The average molecular weight is 383 g/mol. The van der Waals surface area contributed by atoms with Gasteiger partial charge in [-0.1, -0.05) is 12.5 Å². The van der Waals surface area contributed by atoms with Crippen molar-refractivity contribution >= 4 is 23.4 Å². The van der Waals surface area contributed by atoms with Gasteiger partial charge in [-0.05, 0) is 56.2 Å². The Hall–Kier alpha value is -2.70. The molecule has 0 saturated heterocycles. The zero-order chi connectivity index (χ0) is 19.3. The molecule has 6 nitrogen and oxygen atoms in total. The summed E-state index contributed by atoms with van der Waals surface area (Å²) in [5, 5.41) is 9.45. The van der Waals surface area contributed by atoms with Crippen LogP contribution in [0.3, 0.4) is 0 Å². The molecular formula is C21H26FN5O. The Balaban J connectivity index is 1.32. The van der Waals surface area contributed by atoms with Gasteiger partial charge in [0.25, 0.3) is 0 Å². The highest BCUT2D eigenvalue weighted by Crippen LogP contribution is 2.42. The second-order valence-electron chi connectivity index (χ2n) is 7.61. The summed E-state index contributed by atoms with van der Waals surface area (Å²) in [5.74, 6) is 1.89. The number of halogens is 1.